The van der Waals surface area contributed by atoms with E-state index in [1.54, 1.807) is 7.11 Å². The molecule has 3 atom stereocenters. The fourth-order valence-electron chi connectivity index (χ4n) is 3.59. The molecule has 18 heavy (non-hydrogen) atoms. The molecule has 2 saturated carbocycles. The second-order valence-electron chi connectivity index (χ2n) is 5.23. The third-order valence-corrected chi connectivity index (χ3v) is 4.64. The van der Waals surface area contributed by atoms with Crippen molar-refractivity contribution < 1.29 is 9.53 Å². The highest BCUT2D eigenvalue weighted by Gasteiger charge is 2.73. The van der Waals surface area contributed by atoms with Gasteiger partial charge in [-0.25, -0.2) is 0 Å². The Morgan fingerprint density at radius 1 is 1.61 bits per heavy atom. The summed E-state index contributed by atoms with van der Waals surface area (Å²) in [5.74, 6) is 1.71. The van der Waals surface area contributed by atoms with Crippen molar-refractivity contribution in [2.75, 3.05) is 12.8 Å². The van der Waals surface area contributed by atoms with Crippen LogP contribution in [0.2, 0.25) is 0 Å². The number of rotatable bonds is 4. The quantitative estimate of drug-likeness (QED) is 0.653. The van der Waals surface area contributed by atoms with Gasteiger partial charge in [-0.1, -0.05) is 12.6 Å². The van der Waals surface area contributed by atoms with E-state index in [1.807, 2.05) is 18.2 Å². The predicted molar refractivity (Wildman–Crippen MR) is 70.5 cm³/mol. The zero-order valence-corrected chi connectivity index (χ0v) is 10.5. The Balaban J connectivity index is 1.92. The predicted octanol–water partition coefficient (Wildman–Crippen LogP) is 2.53. The first-order valence-electron chi connectivity index (χ1n) is 6.25. The highest BCUT2D eigenvalue weighted by atomic mass is 16.5. The van der Waals surface area contributed by atoms with E-state index in [4.69, 9.17) is 10.5 Å². The number of hydrogen-bond donors (Lipinski definition) is 1. The number of ether oxygens (including phenoxy) is 1. The SMILES string of the molecule is C=CC(=O)C12CCC1C2c1ccc(OC)c(N)c1. The number of carbonyl (C=O) groups excluding carboxylic acids is 1. The Kier molecular flexibility index (Phi) is 2.27. The summed E-state index contributed by atoms with van der Waals surface area (Å²) < 4.78 is 5.16. The zero-order chi connectivity index (χ0) is 12.9. The number of allylic oxidation sites excluding steroid dienone is 1. The molecule has 0 heterocycles. The number of fused-ring (bicyclic) bond motifs is 1. The molecule has 3 nitrogen and oxygen atoms in total. The monoisotopic (exact) mass is 243 g/mol. The van der Waals surface area contributed by atoms with Gasteiger partial charge in [0, 0.05) is 11.3 Å². The lowest BCUT2D eigenvalue weighted by atomic mass is 9.80. The average molecular weight is 243 g/mol. The maximum absolute atomic E-state index is 12.0. The summed E-state index contributed by atoms with van der Waals surface area (Å²) in [6.07, 6.45) is 3.59. The molecule has 2 N–H and O–H groups in total. The molecule has 0 amide bonds. The number of nitrogen functional groups attached to an aromatic ring is 1. The Morgan fingerprint density at radius 2 is 2.39 bits per heavy atom. The van der Waals surface area contributed by atoms with Crippen LogP contribution in [0, 0.1) is 11.3 Å². The lowest BCUT2D eigenvalue weighted by Gasteiger charge is -2.21. The van der Waals surface area contributed by atoms with Gasteiger partial charge in [0.1, 0.15) is 5.75 Å². The Morgan fingerprint density at radius 3 is 2.89 bits per heavy atom. The van der Waals surface area contributed by atoms with Crippen LogP contribution in [0.1, 0.15) is 24.3 Å². The van der Waals surface area contributed by atoms with Gasteiger partial charge in [-0.15, -0.1) is 0 Å². The van der Waals surface area contributed by atoms with Gasteiger partial charge in [0.25, 0.3) is 0 Å². The Labute approximate surface area is 107 Å². The molecule has 94 valence electrons. The van der Waals surface area contributed by atoms with Crippen molar-refractivity contribution in [3.05, 3.63) is 36.4 Å². The molecule has 3 heteroatoms. The topological polar surface area (TPSA) is 52.3 Å². The van der Waals surface area contributed by atoms with Crippen molar-refractivity contribution in [1.29, 1.82) is 0 Å². The molecule has 1 aromatic rings. The van der Waals surface area contributed by atoms with Crippen molar-refractivity contribution in [2.24, 2.45) is 11.3 Å². The largest absolute Gasteiger partial charge is 0.495 e. The van der Waals surface area contributed by atoms with Gasteiger partial charge in [0.2, 0.25) is 0 Å². The zero-order valence-electron chi connectivity index (χ0n) is 10.5. The van der Waals surface area contributed by atoms with E-state index in [0.717, 1.165) is 18.4 Å². The smallest absolute Gasteiger partial charge is 0.162 e. The van der Waals surface area contributed by atoms with E-state index in [9.17, 15) is 4.79 Å². The van der Waals surface area contributed by atoms with Crippen molar-refractivity contribution in [2.45, 2.75) is 18.8 Å². The van der Waals surface area contributed by atoms with Crippen LogP contribution in [0.25, 0.3) is 0 Å². The molecular weight excluding hydrogens is 226 g/mol. The highest BCUT2D eigenvalue weighted by Crippen LogP contribution is 2.77. The van der Waals surface area contributed by atoms with Gasteiger partial charge in [-0.2, -0.15) is 0 Å². The van der Waals surface area contributed by atoms with Gasteiger partial charge < -0.3 is 10.5 Å². The van der Waals surface area contributed by atoms with Crippen LogP contribution in [0.15, 0.2) is 30.9 Å². The number of methoxy groups -OCH3 is 1. The minimum atomic E-state index is -0.150. The Hall–Kier alpha value is -1.77. The molecule has 1 aromatic carbocycles. The molecule has 0 radical (unpaired) electrons. The van der Waals surface area contributed by atoms with Gasteiger partial charge in [0.05, 0.1) is 12.8 Å². The number of ketones is 1. The minimum absolute atomic E-state index is 0.150. The maximum atomic E-state index is 12.0. The van der Waals surface area contributed by atoms with Gasteiger partial charge >= 0.3 is 0 Å². The Bertz CT molecular complexity index is 537. The minimum Gasteiger partial charge on any atom is -0.495 e. The van der Waals surface area contributed by atoms with Crippen LogP contribution in [-0.4, -0.2) is 12.9 Å². The van der Waals surface area contributed by atoms with Crippen LogP contribution in [0.5, 0.6) is 5.75 Å². The van der Waals surface area contributed by atoms with E-state index in [-0.39, 0.29) is 11.2 Å². The standard InChI is InChI=1S/C15H17NO2/c1-3-13(17)15-7-6-10(15)14(15)9-4-5-12(18-2)11(16)8-9/h3-5,8,10,14H,1,6-7,16H2,2H3. The van der Waals surface area contributed by atoms with Gasteiger partial charge in [-0.3, -0.25) is 4.79 Å². The maximum Gasteiger partial charge on any atom is 0.162 e. The number of nitrogens with two attached hydrogens (primary N) is 1. The first kappa shape index (κ1) is 11.3. The summed E-state index contributed by atoms with van der Waals surface area (Å²) in [7, 11) is 1.61. The lowest BCUT2D eigenvalue weighted by Crippen LogP contribution is -2.23. The summed E-state index contributed by atoms with van der Waals surface area (Å²) in [5.41, 5.74) is 7.58. The number of benzene rings is 1. The number of carbonyl (C=O) groups is 1. The normalized spacial score (nSPS) is 32.1. The van der Waals surface area contributed by atoms with Crippen molar-refractivity contribution in [3.8, 4) is 5.75 Å². The molecule has 2 aliphatic rings. The first-order valence-corrected chi connectivity index (χ1v) is 6.25. The van der Waals surface area contributed by atoms with E-state index >= 15 is 0 Å². The van der Waals surface area contributed by atoms with Crippen molar-refractivity contribution >= 4 is 11.5 Å². The van der Waals surface area contributed by atoms with Crippen LogP contribution in [0.4, 0.5) is 5.69 Å². The molecule has 2 aliphatic carbocycles. The first-order chi connectivity index (χ1) is 8.65. The van der Waals surface area contributed by atoms with E-state index in [2.05, 4.69) is 6.58 Å². The average Bonchev–Trinajstić information content (AvgIpc) is 2.85. The molecule has 0 aromatic heterocycles. The third kappa shape index (κ3) is 1.22. The summed E-state index contributed by atoms with van der Waals surface area (Å²) in [6.45, 7) is 3.61. The molecule has 0 aliphatic heterocycles. The molecular formula is C15H17NO2. The molecule has 0 spiro atoms. The van der Waals surface area contributed by atoms with Gasteiger partial charge in [-0.05, 0) is 42.5 Å². The van der Waals surface area contributed by atoms with Crippen LogP contribution in [-0.2, 0) is 4.79 Å². The molecule has 3 unspecified atom stereocenters. The summed E-state index contributed by atoms with van der Waals surface area (Å²) in [6, 6.07) is 5.85. The number of anilines is 1. The summed E-state index contributed by atoms with van der Waals surface area (Å²) in [4.78, 5) is 12.0. The molecule has 0 bridgehead atoms. The molecule has 3 rings (SSSR count). The second kappa shape index (κ2) is 3.61. The second-order valence-corrected chi connectivity index (χ2v) is 5.23. The van der Waals surface area contributed by atoms with E-state index in [0.29, 0.717) is 23.3 Å². The van der Waals surface area contributed by atoms with Crippen LogP contribution >= 0.6 is 0 Å². The molecule has 2 fully saturated rings. The van der Waals surface area contributed by atoms with Crippen molar-refractivity contribution in [3.63, 3.8) is 0 Å². The molecule has 0 saturated heterocycles. The lowest BCUT2D eigenvalue weighted by molar-refractivity contribution is -0.122. The van der Waals surface area contributed by atoms with E-state index < -0.39 is 0 Å². The number of hydrogen-bond acceptors (Lipinski definition) is 3. The summed E-state index contributed by atoms with van der Waals surface area (Å²) in [5, 5.41) is 0. The van der Waals surface area contributed by atoms with Crippen LogP contribution in [0.3, 0.4) is 0 Å². The summed E-state index contributed by atoms with van der Waals surface area (Å²) >= 11 is 0. The fraction of sp³-hybridized carbons (Fsp3) is 0.400. The van der Waals surface area contributed by atoms with Crippen molar-refractivity contribution in [1.82, 2.24) is 0 Å². The third-order valence-electron chi connectivity index (χ3n) is 4.64. The fourth-order valence-corrected chi connectivity index (χ4v) is 3.59. The van der Waals surface area contributed by atoms with E-state index in [1.165, 1.54) is 6.08 Å². The highest BCUT2D eigenvalue weighted by molar-refractivity contribution is 5.99. The van der Waals surface area contributed by atoms with Crippen LogP contribution < -0.4 is 10.5 Å². The van der Waals surface area contributed by atoms with Gasteiger partial charge in [0.15, 0.2) is 5.78 Å².